The fourth-order valence-electron chi connectivity index (χ4n) is 0.980. The van der Waals surface area contributed by atoms with Gasteiger partial charge in [-0.3, -0.25) is 4.79 Å². The summed E-state index contributed by atoms with van der Waals surface area (Å²) in [5, 5.41) is -0.932. The molecular formula is C10H11ClO5S. The fraction of sp³-hybridized carbons (Fsp3) is 0.300. The van der Waals surface area contributed by atoms with Crippen molar-refractivity contribution in [2.24, 2.45) is 0 Å². The number of halogens is 1. The van der Waals surface area contributed by atoms with Crippen LogP contribution in [0.3, 0.4) is 0 Å². The summed E-state index contributed by atoms with van der Waals surface area (Å²) in [5.74, 6) is -0.788. The Morgan fingerprint density at radius 1 is 1.29 bits per heavy atom. The lowest BCUT2D eigenvalue weighted by Gasteiger charge is -2.11. The van der Waals surface area contributed by atoms with Crippen LogP contribution < -0.4 is 4.18 Å². The number of rotatable bonds is 4. The number of ether oxygens (including phenoxy) is 1. The van der Waals surface area contributed by atoms with Crippen LogP contribution in [0.15, 0.2) is 24.3 Å². The third-order valence-corrected chi connectivity index (χ3v) is 3.73. The Hall–Kier alpha value is -1.27. The number of carbonyl (C=O) groups excluding carboxylic acids is 1. The predicted octanol–water partition coefficient (Wildman–Crippen LogP) is 1.61. The lowest BCUT2D eigenvalue weighted by atomic mass is 10.3. The Labute approximate surface area is 104 Å². The summed E-state index contributed by atoms with van der Waals surface area (Å²) in [6, 6.07) is 5.75. The van der Waals surface area contributed by atoms with E-state index in [1.165, 1.54) is 31.2 Å². The highest BCUT2D eigenvalue weighted by Gasteiger charge is 2.30. The molecule has 0 spiro atoms. The molecule has 0 aliphatic heterocycles. The van der Waals surface area contributed by atoms with Gasteiger partial charge in [-0.15, -0.1) is 0 Å². The average molecular weight is 279 g/mol. The van der Waals surface area contributed by atoms with Gasteiger partial charge in [-0.25, -0.2) is 0 Å². The molecule has 1 aromatic carbocycles. The van der Waals surface area contributed by atoms with Crippen LogP contribution in [0.4, 0.5) is 0 Å². The van der Waals surface area contributed by atoms with E-state index in [2.05, 4.69) is 4.74 Å². The van der Waals surface area contributed by atoms with E-state index in [1.54, 1.807) is 0 Å². The maximum Gasteiger partial charge on any atom is 0.327 e. The Bertz CT molecular complexity index is 494. The molecule has 0 aliphatic carbocycles. The van der Waals surface area contributed by atoms with Gasteiger partial charge in [0, 0.05) is 5.02 Å². The van der Waals surface area contributed by atoms with Gasteiger partial charge in [-0.1, -0.05) is 11.6 Å². The second-order valence-corrected chi connectivity index (χ2v) is 5.49. The second kappa shape index (κ2) is 5.37. The molecule has 7 heteroatoms. The summed E-state index contributed by atoms with van der Waals surface area (Å²) in [6.07, 6.45) is 0. The standard InChI is InChI=1S/C10H11ClO5S/c1-7(10(12)15-2)17(13,14)16-9-5-3-8(11)4-6-9/h3-7H,1-2H3/t7-/m1/s1. The Morgan fingerprint density at radius 2 is 1.82 bits per heavy atom. The van der Waals surface area contributed by atoms with Crippen LogP contribution in [0, 0.1) is 0 Å². The highest BCUT2D eigenvalue weighted by atomic mass is 35.5. The summed E-state index contributed by atoms with van der Waals surface area (Å²) in [4.78, 5) is 11.1. The first-order valence-corrected chi connectivity index (χ1v) is 6.48. The zero-order valence-corrected chi connectivity index (χ0v) is 10.8. The van der Waals surface area contributed by atoms with Gasteiger partial charge in [0.2, 0.25) is 0 Å². The molecule has 1 aromatic rings. The molecule has 0 bridgehead atoms. The molecule has 0 N–H and O–H groups in total. The molecule has 0 amide bonds. The molecule has 0 aliphatic rings. The van der Waals surface area contributed by atoms with Crippen molar-refractivity contribution in [1.82, 2.24) is 0 Å². The molecular weight excluding hydrogens is 268 g/mol. The van der Waals surface area contributed by atoms with Crippen molar-refractivity contribution in [3.05, 3.63) is 29.3 Å². The van der Waals surface area contributed by atoms with Gasteiger partial charge in [0.05, 0.1) is 7.11 Å². The maximum absolute atomic E-state index is 11.6. The SMILES string of the molecule is COC(=O)[C@@H](C)S(=O)(=O)Oc1ccc(Cl)cc1. The second-order valence-electron chi connectivity index (χ2n) is 3.20. The Balaban J connectivity index is 2.86. The monoisotopic (exact) mass is 278 g/mol. The molecule has 17 heavy (non-hydrogen) atoms. The van der Waals surface area contributed by atoms with Crippen molar-refractivity contribution in [2.75, 3.05) is 7.11 Å². The van der Waals surface area contributed by atoms with E-state index in [0.717, 1.165) is 7.11 Å². The Kier molecular flexibility index (Phi) is 4.36. The van der Waals surface area contributed by atoms with Crippen LogP contribution >= 0.6 is 11.6 Å². The van der Waals surface area contributed by atoms with Gasteiger partial charge in [0.1, 0.15) is 5.75 Å². The summed E-state index contributed by atoms with van der Waals surface area (Å²) < 4.78 is 32.3. The molecule has 1 atom stereocenters. The number of methoxy groups -OCH3 is 1. The highest BCUT2D eigenvalue weighted by molar-refractivity contribution is 7.88. The molecule has 5 nitrogen and oxygen atoms in total. The average Bonchev–Trinajstić information content (AvgIpc) is 2.30. The Morgan fingerprint density at radius 3 is 2.29 bits per heavy atom. The zero-order valence-electron chi connectivity index (χ0n) is 9.21. The minimum absolute atomic E-state index is 0.0881. The van der Waals surface area contributed by atoms with Crippen molar-refractivity contribution in [1.29, 1.82) is 0 Å². The number of benzene rings is 1. The van der Waals surface area contributed by atoms with E-state index < -0.39 is 21.3 Å². The van der Waals surface area contributed by atoms with E-state index in [-0.39, 0.29) is 5.75 Å². The maximum atomic E-state index is 11.6. The van der Waals surface area contributed by atoms with Crippen LogP contribution in [-0.2, 0) is 19.6 Å². The van der Waals surface area contributed by atoms with Crippen LogP contribution in [0.1, 0.15) is 6.92 Å². The van der Waals surface area contributed by atoms with Gasteiger partial charge in [0.25, 0.3) is 0 Å². The summed E-state index contributed by atoms with van der Waals surface area (Å²) in [5.41, 5.74) is 0. The number of esters is 1. The third kappa shape index (κ3) is 3.61. The van der Waals surface area contributed by atoms with Crippen LogP contribution in [-0.4, -0.2) is 26.7 Å². The number of hydrogen-bond acceptors (Lipinski definition) is 5. The van der Waals surface area contributed by atoms with E-state index in [9.17, 15) is 13.2 Å². The molecule has 0 heterocycles. The predicted molar refractivity (Wildman–Crippen MR) is 62.5 cm³/mol. The molecule has 0 unspecified atom stereocenters. The van der Waals surface area contributed by atoms with Gasteiger partial charge in [-0.2, -0.15) is 8.42 Å². The third-order valence-electron chi connectivity index (χ3n) is 1.99. The van der Waals surface area contributed by atoms with Crippen LogP contribution in [0.25, 0.3) is 0 Å². The van der Waals surface area contributed by atoms with Gasteiger partial charge < -0.3 is 8.92 Å². The number of carbonyl (C=O) groups is 1. The molecule has 0 fully saturated rings. The molecule has 94 valence electrons. The minimum atomic E-state index is -4.06. The first-order chi connectivity index (χ1) is 7.86. The van der Waals surface area contributed by atoms with Gasteiger partial charge in [-0.05, 0) is 31.2 Å². The fourth-order valence-corrected chi connectivity index (χ4v) is 1.96. The van der Waals surface area contributed by atoms with Gasteiger partial charge in [0.15, 0.2) is 5.25 Å². The van der Waals surface area contributed by atoms with Crippen LogP contribution in [0.5, 0.6) is 5.75 Å². The molecule has 0 radical (unpaired) electrons. The quantitative estimate of drug-likeness (QED) is 0.618. The first-order valence-electron chi connectivity index (χ1n) is 4.63. The van der Waals surface area contributed by atoms with Crippen molar-refractivity contribution >= 4 is 27.7 Å². The van der Waals surface area contributed by atoms with E-state index >= 15 is 0 Å². The highest BCUT2D eigenvalue weighted by Crippen LogP contribution is 2.19. The summed E-state index contributed by atoms with van der Waals surface area (Å²) in [7, 11) is -2.95. The smallest absolute Gasteiger partial charge is 0.327 e. The van der Waals surface area contributed by atoms with E-state index in [4.69, 9.17) is 15.8 Å². The van der Waals surface area contributed by atoms with E-state index in [0.29, 0.717) is 5.02 Å². The summed E-state index contributed by atoms with van der Waals surface area (Å²) >= 11 is 5.64. The van der Waals surface area contributed by atoms with Gasteiger partial charge >= 0.3 is 16.1 Å². The van der Waals surface area contributed by atoms with Crippen LogP contribution in [0.2, 0.25) is 5.02 Å². The van der Waals surface area contributed by atoms with E-state index in [1.807, 2.05) is 0 Å². The molecule has 0 aromatic heterocycles. The van der Waals surface area contributed by atoms with Crippen molar-refractivity contribution in [3.8, 4) is 5.75 Å². The first kappa shape index (κ1) is 13.8. The molecule has 1 rings (SSSR count). The minimum Gasteiger partial charge on any atom is -0.468 e. The van der Waals surface area contributed by atoms with Crippen molar-refractivity contribution in [3.63, 3.8) is 0 Å². The lowest BCUT2D eigenvalue weighted by molar-refractivity contribution is -0.139. The number of hydrogen-bond donors (Lipinski definition) is 0. The topological polar surface area (TPSA) is 69.7 Å². The zero-order chi connectivity index (χ0) is 13.1. The summed E-state index contributed by atoms with van der Waals surface area (Å²) in [6.45, 7) is 1.19. The van der Waals surface area contributed by atoms with Crippen molar-refractivity contribution < 1.29 is 22.1 Å². The largest absolute Gasteiger partial charge is 0.468 e. The lowest BCUT2D eigenvalue weighted by Crippen LogP contribution is -2.31. The molecule has 0 saturated carbocycles. The normalized spacial score (nSPS) is 12.9. The van der Waals surface area contributed by atoms with Crippen molar-refractivity contribution in [2.45, 2.75) is 12.2 Å². The molecule has 0 saturated heterocycles.